The lowest BCUT2D eigenvalue weighted by Gasteiger charge is -2.18. The highest BCUT2D eigenvalue weighted by Gasteiger charge is 2.61. The average Bonchev–Trinajstić information content (AvgIpc) is 3.11. The second kappa shape index (κ2) is 6.61. The zero-order valence-corrected chi connectivity index (χ0v) is 14.3. The highest BCUT2D eigenvalue weighted by Crippen LogP contribution is 2.54. The molecule has 6 heteroatoms. The number of epoxide rings is 1. The summed E-state index contributed by atoms with van der Waals surface area (Å²) < 4.78 is 34.6. The van der Waals surface area contributed by atoms with E-state index in [1.165, 1.54) is 30.6 Å². The molecule has 1 fully saturated rings. The Morgan fingerprint density at radius 1 is 1.08 bits per heavy atom. The predicted octanol–water partition coefficient (Wildman–Crippen LogP) is 4.04. The van der Waals surface area contributed by atoms with Crippen molar-refractivity contribution in [3.63, 3.8) is 0 Å². The van der Waals surface area contributed by atoms with Gasteiger partial charge in [0.2, 0.25) is 0 Å². The third-order valence-corrected chi connectivity index (χ3v) is 5.04. The number of hydrogen-bond donors (Lipinski definition) is 0. The summed E-state index contributed by atoms with van der Waals surface area (Å²) in [6.07, 6.45) is 3.86. The van der Waals surface area contributed by atoms with Crippen LogP contribution >= 0.6 is 0 Å². The fraction of sp³-hybridized carbons (Fsp3) is 0.300. The largest absolute Gasteiger partial charge is 0.358 e. The summed E-state index contributed by atoms with van der Waals surface area (Å²) in [4.78, 5) is 3.99. The van der Waals surface area contributed by atoms with E-state index in [4.69, 9.17) is 4.74 Å². The van der Waals surface area contributed by atoms with E-state index in [0.29, 0.717) is 6.54 Å². The zero-order valence-electron chi connectivity index (χ0n) is 14.3. The van der Waals surface area contributed by atoms with E-state index >= 15 is 0 Å². The van der Waals surface area contributed by atoms with Crippen LogP contribution in [-0.4, -0.2) is 20.9 Å². The maximum Gasteiger partial charge on any atom is 0.140 e. The molecule has 0 saturated carbocycles. The molecule has 4 nitrogen and oxygen atoms in total. The second-order valence-electron chi connectivity index (χ2n) is 6.59. The minimum absolute atomic E-state index is 0.101. The number of halogens is 2. The Kier molecular flexibility index (Phi) is 4.28. The van der Waals surface area contributed by atoms with Crippen LogP contribution in [0.25, 0.3) is 0 Å². The van der Waals surface area contributed by atoms with Gasteiger partial charge in [-0.3, -0.25) is 0 Å². The topological polar surface area (TPSA) is 43.2 Å². The maximum absolute atomic E-state index is 13.4. The van der Waals surface area contributed by atoms with Gasteiger partial charge in [-0.1, -0.05) is 31.2 Å². The molecule has 1 aliphatic heterocycles. The molecule has 1 aromatic heterocycles. The van der Waals surface area contributed by atoms with Crippen LogP contribution in [0.4, 0.5) is 8.78 Å². The van der Waals surface area contributed by atoms with Crippen molar-refractivity contribution in [2.45, 2.75) is 37.5 Å². The fourth-order valence-corrected chi connectivity index (χ4v) is 3.67. The van der Waals surface area contributed by atoms with Gasteiger partial charge in [0.1, 0.15) is 36.0 Å². The van der Waals surface area contributed by atoms with Gasteiger partial charge < -0.3 is 4.74 Å². The number of ether oxygens (including phenoxy) is 1. The lowest BCUT2D eigenvalue weighted by Crippen LogP contribution is -2.24. The number of rotatable bonds is 6. The molecule has 1 aliphatic rings. The molecule has 2 heterocycles. The minimum Gasteiger partial charge on any atom is -0.358 e. The Balaban J connectivity index is 1.68. The lowest BCUT2D eigenvalue weighted by atomic mass is 9.83. The smallest absolute Gasteiger partial charge is 0.140 e. The van der Waals surface area contributed by atoms with Gasteiger partial charge in [0.15, 0.2) is 0 Å². The zero-order chi connectivity index (χ0) is 18.1. The monoisotopic (exact) mass is 355 g/mol. The van der Waals surface area contributed by atoms with Gasteiger partial charge in [-0.15, -0.1) is 0 Å². The number of hydrogen-bond acceptors (Lipinski definition) is 3. The predicted molar refractivity (Wildman–Crippen MR) is 92.4 cm³/mol. The molecule has 0 unspecified atom stereocenters. The van der Waals surface area contributed by atoms with Crippen molar-refractivity contribution in [3.05, 3.63) is 83.9 Å². The number of aromatic nitrogens is 3. The third-order valence-electron chi connectivity index (χ3n) is 5.04. The summed E-state index contributed by atoms with van der Waals surface area (Å²) in [5.41, 5.74) is 1.33. The lowest BCUT2D eigenvalue weighted by molar-refractivity contribution is 0.258. The normalized spacial score (nSPS) is 23.0. The summed E-state index contributed by atoms with van der Waals surface area (Å²) in [5.74, 6) is -0.440. The summed E-state index contributed by atoms with van der Waals surface area (Å²) in [6.45, 7) is 2.57. The van der Waals surface area contributed by atoms with E-state index < -0.39 is 5.60 Å². The number of benzene rings is 2. The van der Waals surface area contributed by atoms with Gasteiger partial charge in [0.25, 0.3) is 0 Å². The van der Waals surface area contributed by atoms with Gasteiger partial charge in [-0.25, -0.2) is 18.4 Å². The van der Waals surface area contributed by atoms with E-state index in [1.807, 2.05) is 0 Å². The van der Waals surface area contributed by atoms with Crippen LogP contribution in [0.3, 0.4) is 0 Å². The first-order chi connectivity index (χ1) is 12.6. The van der Waals surface area contributed by atoms with E-state index in [-0.39, 0.29) is 23.7 Å². The fourth-order valence-electron chi connectivity index (χ4n) is 3.67. The van der Waals surface area contributed by atoms with E-state index in [2.05, 4.69) is 17.0 Å². The first-order valence-corrected chi connectivity index (χ1v) is 8.64. The second-order valence-corrected chi connectivity index (χ2v) is 6.59. The molecule has 0 aliphatic carbocycles. The molecule has 26 heavy (non-hydrogen) atoms. The molecule has 0 N–H and O–H groups in total. The van der Waals surface area contributed by atoms with Crippen LogP contribution in [-0.2, 0) is 16.9 Å². The summed E-state index contributed by atoms with van der Waals surface area (Å²) in [6, 6.07) is 12.9. The average molecular weight is 355 g/mol. The Morgan fingerprint density at radius 3 is 2.31 bits per heavy atom. The van der Waals surface area contributed by atoms with Crippen molar-refractivity contribution in [2.75, 3.05) is 0 Å². The van der Waals surface area contributed by atoms with Crippen LogP contribution in [0.15, 0.2) is 61.2 Å². The van der Waals surface area contributed by atoms with Crippen LogP contribution in [0.5, 0.6) is 0 Å². The van der Waals surface area contributed by atoms with Crippen molar-refractivity contribution in [1.82, 2.24) is 14.8 Å². The van der Waals surface area contributed by atoms with Crippen LogP contribution < -0.4 is 0 Å². The van der Waals surface area contributed by atoms with Gasteiger partial charge in [0.05, 0.1) is 6.54 Å². The van der Waals surface area contributed by atoms with E-state index in [9.17, 15) is 8.78 Å². The Morgan fingerprint density at radius 2 is 1.73 bits per heavy atom. The van der Waals surface area contributed by atoms with E-state index in [0.717, 1.165) is 17.5 Å². The van der Waals surface area contributed by atoms with E-state index in [1.54, 1.807) is 35.3 Å². The van der Waals surface area contributed by atoms with Crippen molar-refractivity contribution in [3.8, 4) is 0 Å². The van der Waals surface area contributed by atoms with Crippen molar-refractivity contribution < 1.29 is 13.5 Å². The van der Waals surface area contributed by atoms with Gasteiger partial charge >= 0.3 is 0 Å². The summed E-state index contributed by atoms with van der Waals surface area (Å²) in [7, 11) is 0. The molecule has 0 spiro atoms. The molecule has 134 valence electrons. The molecule has 4 rings (SSSR count). The molecule has 3 atom stereocenters. The molecule has 1 saturated heterocycles. The highest BCUT2D eigenvalue weighted by molar-refractivity contribution is 5.34. The Bertz CT molecular complexity index is 865. The number of nitrogens with zero attached hydrogens (tertiary/aromatic N) is 3. The molecule has 0 amide bonds. The third kappa shape index (κ3) is 3.01. The maximum atomic E-state index is 13.4. The first-order valence-electron chi connectivity index (χ1n) is 8.64. The SMILES string of the molecule is CC[C@H](c1ccc(F)cc1)[C@H]1O[C@]1(Cn1cncn1)c1ccc(F)cc1. The standard InChI is InChI=1S/C20H19F2N3O/c1-2-18(14-3-7-16(21)8-4-14)19-20(26-19,11-25-13-23-12-24-25)15-5-9-17(22)10-6-15/h3-10,12-13,18-19H,2,11H2,1H3/t18-,19-,20-/m1/s1. The van der Waals surface area contributed by atoms with Gasteiger partial charge in [-0.05, 0) is 41.8 Å². The van der Waals surface area contributed by atoms with Crippen LogP contribution in [0.2, 0.25) is 0 Å². The first kappa shape index (κ1) is 16.8. The molecular formula is C20H19F2N3O. The summed E-state index contributed by atoms with van der Waals surface area (Å²) in [5, 5.41) is 4.19. The van der Waals surface area contributed by atoms with Crippen molar-refractivity contribution >= 4 is 0 Å². The van der Waals surface area contributed by atoms with Crippen molar-refractivity contribution in [1.29, 1.82) is 0 Å². The summed E-state index contributed by atoms with van der Waals surface area (Å²) >= 11 is 0. The quantitative estimate of drug-likeness (QED) is 0.627. The molecule has 2 aromatic carbocycles. The van der Waals surface area contributed by atoms with Gasteiger partial charge in [-0.2, -0.15) is 5.10 Å². The minimum atomic E-state index is -0.601. The Hall–Kier alpha value is -2.60. The van der Waals surface area contributed by atoms with Crippen molar-refractivity contribution in [2.24, 2.45) is 0 Å². The molecule has 0 radical (unpaired) electrons. The highest BCUT2D eigenvalue weighted by atomic mass is 19.1. The molecule has 0 bridgehead atoms. The van der Waals surface area contributed by atoms with Crippen LogP contribution in [0.1, 0.15) is 30.4 Å². The van der Waals surface area contributed by atoms with Crippen LogP contribution in [0, 0.1) is 11.6 Å². The Labute approximate surface area is 150 Å². The van der Waals surface area contributed by atoms with Gasteiger partial charge in [0, 0.05) is 5.92 Å². The molecular weight excluding hydrogens is 336 g/mol. The molecule has 3 aromatic rings.